The van der Waals surface area contributed by atoms with E-state index in [4.69, 9.17) is 5.73 Å². The van der Waals surface area contributed by atoms with E-state index >= 15 is 0 Å². The Morgan fingerprint density at radius 1 is 1.03 bits per heavy atom. The number of hydrogen-bond donors (Lipinski definition) is 8. The fourth-order valence-corrected chi connectivity index (χ4v) is 3.92. The Hall–Kier alpha value is -3.13. The smallest absolute Gasteiger partial charge is 0.326 e. The highest BCUT2D eigenvalue weighted by Gasteiger charge is 2.31. The van der Waals surface area contributed by atoms with E-state index in [9.17, 15) is 34.5 Å². The summed E-state index contributed by atoms with van der Waals surface area (Å²) in [6.45, 7) is 0.523. The van der Waals surface area contributed by atoms with E-state index in [1.807, 2.05) is 30.5 Å². The number of fused-ring (bicyclic) bond motifs is 1. The number of carbonyl (C=O) groups excluding carboxylic acids is 3. The van der Waals surface area contributed by atoms with Gasteiger partial charge < -0.3 is 42.0 Å². The van der Waals surface area contributed by atoms with Crippen molar-refractivity contribution in [3.05, 3.63) is 36.0 Å². The minimum absolute atomic E-state index is 0.0147. The number of H-pyrrole nitrogens is 1. The minimum Gasteiger partial charge on any atom is -0.480 e. The Morgan fingerprint density at radius 3 is 2.25 bits per heavy atom. The third-order valence-electron chi connectivity index (χ3n) is 5.60. The second-order valence-electron chi connectivity index (χ2n) is 8.32. The van der Waals surface area contributed by atoms with Gasteiger partial charge in [0, 0.05) is 23.5 Å². The Morgan fingerprint density at radius 2 is 1.64 bits per heavy atom. The normalized spacial score (nSPS) is 15.4. The number of aliphatic hydroxyl groups excluding tert-OH is 2. The molecular formula is C23H33N5O7S. The molecule has 0 bridgehead atoms. The zero-order valence-corrected chi connectivity index (χ0v) is 20.9. The summed E-state index contributed by atoms with van der Waals surface area (Å²) < 4.78 is 0. The summed E-state index contributed by atoms with van der Waals surface area (Å²) in [5.41, 5.74) is 7.09. The van der Waals surface area contributed by atoms with Gasteiger partial charge in [-0.2, -0.15) is 11.8 Å². The summed E-state index contributed by atoms with van der Waals surface area (Å²) in [4.78, 5) is 52.8. The van der Waals surface area contributed by atoms with E-state index in [0.29, 0.717) is 11.3 Å². The van der Waals surface area contributed by atoms with Crippen LogP contribution < -0.4 is 21.7 Å². The number of para-hydroxylation sites is 1. The molecule has 198 valence electrons. The molecule has 0 aliphatic rings. The van der Waals surface area contributed by atoms with Crippen LogP contribution >= 0.6 is 11.8 Å². The number of hydrogen-bond acceptors (Lipinski definition) is 8. The van der Waals surface area contributed by atoms with Crippen LogP contribution in [0.3, 0.4) is 0 Å². The van der Waals surface area contributed by atoms with E-state index in [2.05, 4.69) is 20.9 Å². The summed E-state index contributed by atoms with van der Waals surface area (Å²) in [6, 6.07) is 2.25. The number of rotatable bonds is 14. The van der Waals surface area contributed by atoms with Crippen LogP contribution in [0.5, 0.6) is 0 Å². The number of aliphatic carboxylic acids is 1. The van der Waals surface area contributed by atoms with Gasteiger partial charge in [-0.3, -0.25) is 14.4 Å². The average molecular weight is 524 g/mol. The largest absolute Gasteiger partial charge is 0.480 e. The van der Waals surface area contributed by atoms with Crippen LogP contribution in [0.15, 0.2) is 30.5 Å². The van der Waals surface area contributed by atoms with Gasteiger partial charge in [-0.25, -0.2) is 4.79 Å². The highest BCUT2D eigenvalue weighted by atomic mass is 32.2. The second-order valence-corrected chi connectivity index (χ2v) is 9.30. The van der Waals surface area contributed by atoms with Crippen molar-refractivity contribution in [3.8, 4) is 0 Å². The molecule has 3 amide bonds. The number of aromatic nitrogens is 1. The molecule has 0 saturated heterocycles. The average Bonchev–Trinajstić information content (AvgIpc) is 3.26. The SMILES string of the molecule is CSCCC(NC(=O)C(CO)NC(=O)C(N)C(C)O)C(=O)NC(Cc1c[nH]c2ccccc12)C(=O)O. The van der Waals surface area contributed by atoms with Crippen molar-refractivity contribution in [1.82, 2.24) is 20.9 Å². The van der Waals surface area contributed by atoms with Gasteiger partial charge >= 0.3 is 5.97 Å². The van der Waals surface area contributed by atoms with Gasteiger partial charge in [-0.05, 0) is 37.0 Å². The molecule has 0 fully saturated rings. The number of carboxylic acids is 1. The molecule has 2 aromatic rings. The van der Waals surface area contributed by atoms with E-state index in [-0.39, 0.29) is 12.8 Å². The molecule has 13 heteroatoms. The van der Waals surface area contributed by atoms with Crippen LogP contribution in [0.1, 0.15) is 18.9 Å². The molecule has 1 heterocycles. The third kappa shape index (κ3) is 7.95. The van der Waals surface area contributed by atoms with Gasteiger partial charge in [0.15, 0.2) is 0 Å². The van der Waals surface area contributed by atoms with Crippen molar-refractivity contribution in [2.75, 3.05) is 18.6 Å². The van der Waals surface area contributed by atoms with Gasteiger partial charge in [0.2, 0.25) is 17.7 Å². The number of carbonyl (C=O) groups is 4. The minimum atomic E-state index is -1.42. The molecule has 5 unspecified atom stereocenters. The first-order chi connectivity index (χ1) is 17.1. The number of thioether (sulfide) groups is 1. The van der Waals surface area contributed by atoms with E-state index in [1.54, 1.807) is 6.20 Å². The van der Waals surface area contributed by atoms with Crippen LogP contribution in [0.25, 0.3) is 10.9 Å². The maximum atomic E-state index is 13.0. The predicted molar refractivity (Wildman–Crippen MR) is 135 cm³/mol. The summed E-state index contributed by atoms with van der Waals surface area (Å²) in [5.74, 6) is -3.19. The molecular weight excluding hydrogens is 490 g/mol. The van der Waals surface area contributed by atoms with E-state index < -0.39 is 60.6 Å². The maximum Gasteiger partial charge on any atom is 0.326 e. The zero-order valence-electron chi connectivity index (χ0n) is 20.1. The summed E-state index contributed by atoms with van der Waals surface area (Å²) in [6.07, 6.45) is 2.50. The van der Waals surface area contributed by atoms with E-state index in [0.717, 1.165) is 10.9 Å². The fraction of sp³-hybridized carbons (Fsp3) is 0.478. The molecule has 0 spiro atoms. The Balaban J connectivity index is 2.12. The second kappa shape index (κ2) is 13.8. The number of nitrogens with two attached hydrogens (primary N) is 1. The number of aliphatic hydroxyl groups is 2. The highest BCUT2D eigenvalue weighted by molar-refractivity contribution is 7.98. The number of nitrogens with one attached hydrogen (secondary N) is 4. The van der Waals surface area contributed by atoms with Gasteiger partial charge in [-0.15, -0.1) is 0 Å². The number of benzene rings is 1. The van der Waals surface area contributed by atoms with Gasteiger partial charge in [0.05, 0.1) is 12.7 Å². The molecule has 2 rings (SSSR count). The molecule has 1 aromatic carbocycles. The maximum absolute atomic E-state index is 13.0. The van der Waals surface area contributed by atoms with Gasteiger partial charge in [-0.1, -0.05) is 18.2 Å². The van der Waals surface area contributed by atoms with Crippen LogP contribution in [0, 0.1) is 0 Å². The van der Waals surface area contributed by atoms with Crippen molar-refractivity contribution in [2.24, 2.45) is 5.73 Å². The predicted octanol–water partition coefficient (Wildman–Crippen LogP) is -1.30. The molecule has 1 aromatic heterocycles. The van der Waals surface area contributed by atoms with E-state index in [1.165, 1.54) is 18.7 Å². The van der Waals surface area contributed by atoms with Crippen LogP contribution in [0.2, 0.25) is 0 Å². The topological polar surface area (TPSA) is 207 Å². The standard InChI is InChI=1S/C23H33N5O7S/c1-12(30)19(24)22(33)28-18(11-29)21(32)26-16(7-8-36-2)20(31)27-17(23(34)35)9-13-10-25-15-6-4-3-5-14(13)15/h3-6,10,12,16-19,25,29-30H,7-9,11,24H2,1-2H3,(H,26,32)(H,27,31)(H,28,33)(H,34,35). The summed E-state index contributed by atoms with van der Waals surface area (Å²) >= 11 is 1.42. The van der Waals surface area contributed by atoms with Gasteiger partial charge in [0.1, 0.15) is 24.2 Å². The molecule has 12 nitrogen and oxygen atoms in total. The lowest BCUT2D eigenvalue weighted by atomic mass is 10.0. The molecule has 9 N–H and O–H groups in total. The monoisotopic (exact) mass is 523 g/mol. The van der Waals surface area contributed by atoms with Crippen LogP contribution in [0.4, 0.5) is 0 Å². The summed E-state index contributed by atoms with van der Waals surface area (Å²) in [5, 5.41) is 36.8. The first-order valence-electron chi connectivity index (χ1n) is 11.3. The quantitative estimate of drug-likeness (QED) is 0.148. The Labute approximate surface area is 212 Å². The lowest BCUT2D eigenvalue weighted by Gasteiger charge is -2.24. The number of aromatic amines is 1. The van der Waals surface area contributed by atoms with Gasteiger partial charge in [0.25, 0.3) is 0 Å². The number of amides is 3. The number of carboxylic acid groups (broad SMARTS) is 1. The molecule has 0 aliphatic carbocycles. The third-order valence-corrected chi connectivity index (χ3v) is 6.24. The molecule has 5 atom stereocenters. The Kier molecular flexibility index (Phi) is 11.2. The molecule has 0 aliphatic heterocycles. The van der Waals surface area contributed by atoms with Crippen molar-refractivity contribution in [1.29, 1.82) is 0 Å². The van der Waals surface area contributed by atoms with Crippen molar-refractivity contribution in [3.63, 3.8) is 0 Å². The van der Waals surface area contributed by atoms with Crippen LogP contribution in [-0.2, 0) is 25.6 Å². The lowest BCUT2D eigenvalue weighted by Crippen LogP contribution is -2.59. The lowest BCUT2D eigenvalue weighted by molar-refractivity contribution is -0.142. The molecule has 0 radical (unpaired) electrons. The summed E-state index contributed by atoms with van der Waals surface area (Å²) in [7, 11) is 0. The fourth-order valence-electron chi connectivity index (χ4n) is 3.45. The van der Waals surface area contributed by atoms with Crippen LogP contribution in [-0.4, -0.2) is 92.9 Å². The first-order valence-corrected chi connectivity index (χ1v) is 12.7. The molecule has 0 saturated carbocycles. The highest BCUT2D eigenvalue weighted by Crippen LogP contribution is 2.19. The Bertz CT molecular complexity index is 1060. The molecule has 36 heavy (non-hydrogen) atoms. The first kappa shape index (κ1) is 29.1. The van der Waals surface area contributed by atoms with Crippen molar-refractivity contribution in [2.45, 2.75) is 50.0 Å². The van der Waals surface area contributed by atoms with Crippen molar-refractivity contribution < 1.29 is 34.5 Å². The van der Waals surface area contributed by atoms with Crippen molar-refractivity contribution >= 4 is 46.4 Å². The zero-order chi connectivity index (χ0) is 26.8.